The molecule has 88 valence electrons. The Kier molecular flexibility index (Phi) is 5.36. The molecule has 1 atom stereocenters. The molecule has 1 unspecified atom stereocenters. The van der Waals surface area contributed by atoms with Crippen molar-refractivity contribution in [2.45, 2.75) is 11.8 Å². The average Bonchev–Trinajstić information content (AvgIpc) is 2.30. The highest BCUT2D eigenvalue weighted by Crippen LogP contribution is 2.23. The fourth-order valence-corrected chi connectivity index (χ4v) is 4.54. The quantitative estimate of drug-likeness (QED) is 0.904. The maximum atomic E-state index is 5.94. The molecule has 0 spiro atoms. The van der Waals surface area contributed by atoms with Crippen molar-refractivity contribution >= 4 is 35.1 Å². The highest BCUT2D eigenvalue weighted by atomic mass is 35.5. The number of rotatable bonds is 4. The lowest BCUT2D eigenvalue weighted by Gasteiger charge is -2.21. The molecular formula is C12H16ClNS2. The van der Waals surface area contributed by atoms with Crippen LogP contribution >= 0.6 is 35.1 Å². The van der Waals surface area contributed by atoms with Gasteiger partial charge in [0.1, 0.15) is 0 Å². The summed E-state index contributed by atoms with van der Waals surface area (Å²) < 4.78 is 0. The number of thioether (sulfide) groups is 2. The van der Waals surface area contributed by atoms with Crippen LogP contribution in [-0.2, 0) is 6.54 Å². The largest absolute Gasteiger partial charge is 0.312 e. The first kappa shape index (κ1) is 12.6. The minimum atomic E-state index is 0.776. The standard InChI is InChI=1S/C12H16ClNS2/c13-11-3-1-2-10(6-11)7-14-8-12-9-15-4-5-16-12/h1-3,6,12,14H,4-5,7-9H2. The summed E-state index contributed by atoms with van der Waals surface area (Å²) >= 11 is 10.1. The Morgan fingerprint density at radius 2 is 2.31 bits per heavy atom. The SMILES string of the molecule is Clc1cccc(CNCC2CSCCS2)c1. The van der Waals surface area contributed by atoms with E-state index in [1.165, 1.54) is 22.8 Å². The van der Waals surface area contributed by atoms with E-state index in [1.54, 1.807) is 0 Å². The predicted octanol–water partition coefficient (Wildman–Crippen LogP) is 3.28. The van der Waals surface area contributed by atoms with E-state index in [4.69, 9.17) is 11.6 Å². The van der Waals surface area contributed by atoms with Gasteiger partial charge < -0.3 is 5.32 Å². The highest BCUT2D eigenvalue weighted by molar-refractivity contribution is 8.06. The zero-order chi connectivity index (χ0) is 11.2. The molecule has 0 radical (unpaired) electrons. The van der Waals surface area contributed by atoms with Crippen molar-refractivity contribution < 1.29 is 0 Å². The van der Waals surface area contributed by atoms with Gasteiger partial charge >= 0.3 is 0 Å². The molecule has 1 nitrogen and oxygen atoms in total. The molecule has 16 heavy (non-hydrogen) atoms. The first-order chi connectivity index (χ1) is 7.84. The van der Waals surface area contributed by atoms with Gasteiger partial charge in [0.2, 0.25) is 0 Å². The molecule has 0 aliphatic carbocycles. The zero-order valence-electron chi connectivity index (χ0n) is 9.12. The number of hydrogen-bond acceptors (Lipinski definition) is 3. The van der Waals surface area contributed by atoms with Crippen LogP contribution in [0.15, 0.2) is 24.3 Å². The van der Waals surface area contributed by atoms with Gasteiger partial charge in [-0.1, -0.05) is 23.7 Å². The van der Waals surface area contributed by atoms with Crippen molar-refractivity contribution in [3.63, 3.8) is 0 Å². The Labute approximate surface area is 111 Å². The third-order valence-corrected chi connectivity index (χ3v) is 5.56. The normalized spacial score (nSPS) is 20.9. The van der Waals surface area contributed by atoms with Gasteiger partial charge in [0.15, 0.2) is 0 Å². The van der Waals surface area contributed by atoms with Gasteiger partial charge in [0.05, 0.1) is 0 Å². The van der Waals surface area contributed by atoms with Crippen LogP contribution < -0.4 is 5.32 Å². The predicted molar refractivity (Wildman–Crippen MR) is 76.7 cm³/mol. The minimum Gasteiger partial charge on any atom is -0.312 e. The maximum absolute atomic E-state index is 5.94. The third-order valence-electron chi connectivity index (χ3n) is 2.48. The monoisotopic (exact) mass is 273 g/mol. The summed E-state index contributed by atoms with van der Waals surface area (Å²) in [5.74, 6) is 3.90. The molecule has 2 rings (SSSR count). The lowest BCUT2D eigenvalue weighted by Crippen LogP contribution is -2.28. The topological polar surface area (TPSA) is 12.0 Å². The first-order valence-electron chi connectivity index (χ1n) is 5.49. The molecule has 1 saturated heterocycles. The van der Waals surface area contributed by atoms with E-state index >= 15 is 0 Å². The van der Waals surface area contributed by atoms with Gasteiger partial charge in [-0.2, -0.15) is 23.5 Å². The van der Waals surface area contributed by atoms with E-state index in [0.29, 0.717) is 0 Å². The van der Waals surface area contributed by atoms with Gasteiger partial charge in [-0.05, 0) is 17.7 Å². The molecule has 0 saturated carbocycles. The number of benzene rings is 1. The van der Waals surface area contributed by atoms with Crippen LogP contribution in [0.2, 0.25) is 5.02 Å². The highest BCUT2D eigenvalue weighted by Gasteiger charge is 2.13. The molecule has 0 aromatic heterocycles. The lowest BCUT2D eigenvalue weighted by atomic mass is 10.2. The Bertz CT molecular complexity index is 327. The van der Waals surface area contributed by atoms with Crippen molar-refractivity contribution in [1.82, 2.24) is 5.32 Å². The fraction of sp³-hybridized carbons (Fsp3) is 0.500. The number of halogens is 1. The Morgan fingerprint density at radius 3 is 3.06 bits per heavy atom. The second-order valence-corrected chi connectivity index (χ2v) is 6.82. The molecule has 1 aromatic carbocycles. The van der Waals surface area contributed by atoms with E-state index in [0.717, 1.165) is 23.4 Å². The first-order valence-corrected chi connectivity index (χ1v) is 8.07. The molecule has 1 fully saturated rings. The van der Waals surface area contributed by atoms with Crippen molar-refractivity contribution in [3.05, 3.63) is 34.9 Å². The van der Waals surface area contributed by atoms with Crippen LogP contribution in [0.3, 0.4) is 0 Å². The van der Waals surface area contributed by atoms with Crippen LogP contribution in [0.1, 0.15) is 5.56 Å². The van der Waals surface area contributed by atoms with E-state index in [9.17, 15) is 0 Å². The summed E-state index contributed by atoms with van der Waals surface area (Å²) in [7, 11) is 0. The number of hydrogen-bond donors (Lipinski definition) is 1. The van der Waals surface area contributed by atoms with Gasteiger partial charge in [-0.25, -0.2) is 0 Å². The van der Waals surface area contributed by atoms with Crippen molar-refractivity contribution in [1.29, 1.82) is 0 Å². The molecular weight excluding hydrogens is 258 g/mol. The summed E-state index contributed by atoms with van der Waals surface area (Å²) in [4.78, 5) is 0. The van der Waals surface area contributed by atoms with E-state index in [2.05, 4.69) is 34.9 Å². The maximum Gasteiger partial charge on any atom is 0.0409 e. The molecule has 0 bridgehead atoms. The summed E-state index contributed by atoms with van der Waals surface area (Å²) in [6.45, 7) is 2.02. The van der Waals surface area contributed by atoms with Gasteiger partial charge in [0.25, 0.3) is 0 Å². The summed E-state index contributed by atoms with van der Waals surface area (Å²) in [6, 6.07) is 8.06. The molecule has 1 aliphatic heterocycles. The number of nitrogens with one attached hydrogen (secondary N) is 1. The Hall–Kier alpha value is 0.170. The van der Waals surface area contributed by atoms with Gasteiger partial charge in [-0.15, -0.1) is 0 Å². The van der Waals surface area contributed by atoms with Crippen LogP contribution in [0.25, 0.3) is 0 Å². The van der Waals surface area contributed by atoms with Gasteiger partial charge in [0, 0.05) is 40.6 Å². The average molecular weight is 274 g/mol. The van der Waals surface area contributed by atoms with E-state index < -0.39 is 0 Å². The van der Waals surface area contributed by atoms with Crippen LogP contribution in [0.4, 0.5) is 0 Å². The smallest absolute Gasteiger partial charge is 0.0409 e. The molecule has 1 N–H and O–H groups in total. The van der Waals surface area contributed by atoms with Crippen LogP contribution in [-0.4, -0.2) is 29.1 Å². The second kappa shape index (κ2) is 6.80. The van der Waals surface area contributed by atoms with Crippen molar-refractivity contribution in [3.8, 4) is 0 Å². The van der Waals surface area contributed by atoms with Crippen molar-refractivity contribution in [2.24, 2.45) is 0 Å². The van der Waals surface area contributed by atoms with E-state index in [-0.39, 0.29) is 0 Å². The second-order valence-electron chi connectivity index (χ2n) is 3.83. The van der Waals surface area contributed by atoms with Crippen LogP contribution in [0.5, 0.6) is 0 Å². The molecule has 0 amide bonds. The Morgan fingerprint density at radius 1 is 1.38 bits per heavy atom. The summed E-state index contributed by atoms with van der Waals surface area (Å²) in [5.41, 5.74) is 1.26. The summed E-state index contributed by atoms with van der Waals surface area (Å²) in [5, 5.41) is 5.10. The molecule has 1 aliphatic rings. The van der Waals surface area contributed by atoms with Gasteiger partial charge in [-0.3, -0.25) is 0 Å². The molecule has 1 aromatic rings. The van der Waals surface area contributed by atoms with E-state index in [1.807, 2.05) is 18.2 Å². The third kappa shape index (κ3) is 4.21. The minimum absolute atomic E-state index is 0.776. The molecule has 4 heteroatoms. The Balaban J connectivity index is 1.71. The zero-order valence-corrected chi connectivity index (χ0v) is 11.5. The lowest BCUT2D eigenvalue weighted by molar-refractivity contribution is 0.686. The van der Waals surface area contributed by atoms with Crippen molar-refractivity contribution in [2.75, 3.05) is 23.8 Å². The van der Waals surface area contributed by atoms with Crippen LogP contribution in [0, 0.1) is 0 Å². The molecule has 1 heterocycles. The fourth-order valence-electron chi connectivity index (χ4n) is 1.68. The summed E-state index contributed by atoms with van der Waals surface area (Å²) in [6.07, 6.45) is 0.